The Kier molecular flexibility index (Phi) is 5.58. The Morgan fingerprint density at radius 2 is 1.90 bits per heavy atom. The van der Waals surface area contributed by atoms with Crippen molar-refractivity contribution < 1.29 is 9.53 Å². The number of benzene rings is 2. The van der Waals surface area contributed by atoms with E-state index in [1.165, 1.54) is 0 Å². The summed E-state index contributed by atoms with van der Waals surface area (Å²) in [6.45, 7) is 3.87. The maximum Gasteiger partial charge on any atom is 0.234 e. The van der Waals surface area contributed by atoms with Gasteiger partial charge in [-0.1, -0.05) is 25.1 Å². The molecular formula is C17H22N2O2. The molecule has 4 nitrogen and oxygen atoms in total. The SMILES string of the molecule is CCCNCC(=O)NCc1ccc2cc(OC)ccc2c1. The van der Waals surface area contributed by atoms with E-state index in [1.807, 2.05) is 24.3 Å². The van der Waals surface area contributed by atoms with Crippen molar-refractivity contribution in [3.05, 3.63) is 42.0 Å². The fraction of sp³-hybridized carbons (Fsp3) is 0.353. The number of methoxy groups -OCH3 is 1. The highest BCUT2D eigenvalue weighted by Crippen LogP contribution is 2.21. The van der Waals surface area contributed by atoms with Crippen LogP contribution < -0.4 is 15.4 Å². The third-order valence-electron chi connectivity index (χ3n) is 3.31. The summed E-state index contributed by atoms with van der Waals surface area (Å²) in [5.41, 5.74) is 1.09. The van der Waals surface area contributed by atoms with Crippen molar-refractivity contribution in [1.82, 2.24) is 10.6 Å². The number of hydrogen-bond acceptors (Lipinski definition) is 3. The molecule has 0 aliphatic heterocycles. The summed E-state index contributed by atoms with van der Waals surface area (Å²) < 4.78 is 5.21. The molecule has 112 valence electrons. The summed E-state index contributed by atoms with van der Waals surface area (Å²) in [6, 6.07) is 12.2. The van der Waals surface area contributed by atoms with Crippen molar-refractivity contribution in [3.8, 4) is 5.75 Å². The number of ether oxygens (including phenoxy) is 1. The van der Waals surface area contributed by atoms with Gasteiger partial charge in [-0.25, -0.2) is 0 Å². The molecule has 0 saturated heterocycles. The lowest BCUT2D eigenvalue weighted by molar-refractivity contribution is -0.120. The van der Waals surface area contributed by atoms with Crippen molar-refractivity contribution in [2.75, 3.05) is 20.2 Å². The standard InChI is InChI=1S/C17H22N2O2/c1-3-8-18-12-17(20)19-11-13-4-5-15-10-16(21-2)7-6-14(15)9-13/h4-7,9-10,18H,3,8,11-12H2,1-2H3,(H,19,20). The second-order valence-electron chi connectivity index (χ2n) is 5.00. The minimum absolute atomic E-state index is 0.0262. The average molecular weight is 286 g/mol. The molecule has 21 heavy (non-hydrogen) atoms. The summed E-state index contributed by atoms with van der Waals surface area (Å²) in [5, 5.41) is 8.28. The van der Waals surface area contributed by atoms with Crippen LogP contribution in [0.15, 0.2) is 36.4 Å². The molecule has 0 aliphatic rings. The fourth-order valence-electron chi connectivity index (χ4n) is 2.15. The first-order chi connectivity index (χ1) is 10.2. The monoisotopic (exact) mass is 286 g/mol. The Morgan fingerprint density at radius 1 is 1.14 bits per heavy atom. The number of fused-ring (bicyclic) bond motifs is 1. The fourth-order valence-corrected chi connectivity index (χ4v) is 2.15. The normalized spacial score (nSPS) is 10.6. The van der Waals surface area contributed by atoms with Crippen molar-refractivity contribution in [1.29, 1.82) is 0 Å². The molecule has 0 unspecified atom stereocenters. The summed E-state index contributed by atoms with van der Waals surface area (Å²) >= 11 is 0. The van der Waals surface area contributed by atoms with Gasteiger partial charge < -0.3 is 15.4 Å². The minimum atomic E-state index is 0.0262. The van der Waals surface area contributed by atoms with Crippen molar-refractivity contribution in [2.24, 2.45) is 0 Å². The molecule has 0 radical (unpaired) electrons. The number of rotatable bonds is 7. The Balaban J connectivity index is 1.95. The van der Waals surface area contributed by atoms with Gasteiger partial charge in [-0.2, -0.15) is 0 Å². The second kappa shape index (κ2) is 7.64. The maximum absolute atomic E-state index is 11.6. The lowest BCUT2D eigenvalue weighted by atomic mass is 10.1. The zero-order valence-electron chi connectivity index (χ0n) is 12.6. The second-order valence-corrected chi connectivity index (χ2v) is 5.00. The van der Waals surface area contributed by atoms with Gasteiger partial charge in [-0.05, 0) is 47.5 Å². The number of amides is 1. The van der Waals surface area contributed by atoms with E-state index in [4.69, 9.17) is 4.74 Å². The molecule has 1 amide bonds. The molecular weight excluding hydrogens is 264 g/mol. The third kappa shape index (κ3) is 4.46. The van der Waals surface area contributed by atoms with Crippen LogP contribution in [0.25, 0.3) is 10.8 Å². The van der Waals surface area contributed by atoms with Crippen LogP contribution in [0.4, 0.5) is 0 Å². The highest BCUT2D eigenvalue weighted by Gasteiger charge is 2.02. The van der Waals surface area contributed by atoms with Gasteiger partial charge >= 0.3 is 0 Å². The predicted octanol–water partition coefficient (Wildman–Crippen LogP) is 2.46. The summed E-state index contributed by atoms with van der Waals surface area (Å²) in [6.07, 6.45) is 1.03. The lowest BCUT2D eigenvalue weighted by Crippen LogP contribution is -2.33. The van der Waals surface area contributed by atoms with E-state index in [9.17, 15) is 4.79 Å². The van der Waals surface area contributed by atoms with E-state index in [0.717, 1.165) is 35.1 Å². The predicted molar refractivity (Wildman–Crippen MR) is 85.5 cm³/mol. The Bertz CT molecular complexity index is 611. The topological polar surface area (TPSA) is 50.4 Å². The van der Waals surface area contributed by atoms with Crippen molar-refractivity contribution >= 4 is 16.7 Å². The largest absolute Gasteiger partial charge is 0.497 e. The number of carbonyl (C=O) groups excluding carboxylic acids is 1. The molecule has 0 heterocycles. The van der Waals surface area contributed by atoms with Crippen LogP contribution in [0.5, 0.6) is 5.75 Å². The molecule has 0 aliphatic carbocycles. The third-order valence-corrected chi connectivity index (χ3v) is 3.31. The van der Waals surface area contributed by atoms with Gasteiger partial charge in [0.1, 0.15) is 5.75 Å². The van der Waals surface area contributed by atoms with E-state index in [2.05, 4.69) is 29.7 Å². The molecule has 0 aromatic heterocycles. The van der Waals surface area contributed by atoms with Gasteiger partial charge in [0.2, 0.25) is 5.91 Å². The van der Waals surface area contributed by atoms with Crippen LogP contribution in [0.3, 0.4) is 0 Å². The van der Waals surface area contributed by atoms with Crippen LogP contribution in [-0.2, 0) is 11.3 Å². The molecule has 2 N–H and O–H groups in total. The van der Waals surface area contributed by atoms with Crippen LogP contribution in [0, 0.1) is 0 Å². The van der Waals surface area contributed by atoms with E-state index < -0.39 is 0 Å². The highest BCUT2D eigenvalue weighted by atomic mass is 16.5. The zero-order chi connectivity index (χ0) is 15.1. The van der Waals surface area contributed by atoms with Gasteiger partial charge in [-0.15, -0.1) is 0 Å². The lowest BCUT2D eigenvalue weighted by Gasteiger charge is -2.08. The summed E-state index contributed by atoms with van der Waals surface area (Å²) in [5.74, 6) is 0.879. The number of carbonyl (C=O) groups is 1. The first-order valence-corrected chi connectivity index (χ1v) is 7.27. The van der Waals surface area contributed by atoms with E-state index in [-0.39, 0.29) is 5.91 Å². The average Bonchev–Trinajstić information content (AvgIpc) is 2.52. The molecule has 2 aromatic carbocycles. The molecule has 0 saturated carbocycles. The Hall–Kier alpha value is -2.07. The van der Waals surface area contributed by atoms with Gasteiger partial charge in [0.15, 0.2) is 0 Å². The first-order valence-electron chi connectivity index (χ1n) is 7.27. The van der Waals surface area contributed by atoms with Crippen LogP contribution in [-0.4, -0.2) is 26.1 Å². The van der Waals surface area contributed by atoms with E-state index in [1.54, 1.807) is 7.11 Å². The minimum Gasteiger partial charge on any atom is -0.497 e. The number of nitrogens with one attached hydrogen (secondary N) is 2. The molecule has 0 bridgehead atoms. The van der Waals surface area contributed by atoms with Crippen LogP contribution >= 0.6 is 0 Å². The Labute approximate surface area is 125 Å². The van der Waals surface area contributed by atoms with E-state index >= 15 is 0 Å². The van der Waals surface area contributed by atoms with Crippen LogP contribution in [0.1, 0.15) is 18.9 Å². The van der Waals surface area contributed by atoms with E-state index in [0.29, 0.717) is 13.1 Å². The molecule has 0 fully saturated rings. The quantitative estimate of drug-likeness (QED) is 0.769. The maximum atomic E-state index is 11.6. The first kappa shape index (κ1) is 15.3. The zero-order valence-corrected chi connectivity index (χ0v) is 12.6. The van der Waals surface area contributed by atoms with Crippen LogP contribution in [0.2, 0.25) is 0 Å². The number of hydrogen-bond donors (Lipinski definition) is 2. The van der Waals surface area contributed by atoms with Gasteiger partial charge in [-0.3, -0.25) is 4.79 Å². The smallest absolute Gasteiger partial charge is 0.234 e. The summed E-state index contributed by atoms with van der Waals surface area (Å²) in [7, 11) is 1.66. The van der Waals surface area contributed by atoms with Gasteiger partial charge in [0.05, 0.1) is 13.7 Å². The van der Waals surface area contributed by atoms with Gasteiger partial charge in [0, 0.05) is 6.54 Å². The molecule has 0 spiro atoms. The highest BCUT2D eigenvalue weighted by molar-refractivity contribution is 5.84. The Morgan fingerprint density at radius 3 is 2.67 bits per heavy atom. The molecule has 2 rings (SSSR count). The van der Waals surface area contributed by atoms with Gasteiger partial charge in [0.25, 0.3) is 0 Å². The molecule has 2 aromatic rings. The summed E-state index contributed by atoms with van der Waals surface area (Å²) in [4.78, 5) is 11.6. The van der Waals surface area contributed by atoms with Crippen molar-refractivity contribution in [3.63, 3.8) is 0 Å². The molecule has 0 atom stereocenters. The molecule has 4 heteroatoms. The van der Waals surface area contributed by atoms with Crippen molar-refractivity contribution in [2.45, 2.75) is 19.9 Å².